The lowest BCUT2D eigenvalue weighted by Crippen LogP contribution is -2.44. The zero-order chi connectivity index (χ0) is 14.9. The Hall–Kier alpha value is -0.980. The molecule has 0 rings (SSSR count). The summed E-state index contributed by atoms with van der Waals surface area (Å²) in [4.78, 5) is 25.6. The summed E-state index contributed by atoms with van der Waals surface area (Å²) in [7, 11) is 1.57. The number of ether oxygens (including phenoxy) is 2. The third kappa shape index (κ3) is 6.13. The Morgan fingerprint density at radius 3 is 2.37 bits per heavy atom. The van der Waals surface area contributed by atoms with Gasteiger partial charge in [-0.1, -0.05) is 0 Å². The van der Waals surface area contributed by atoms with Crippen LogP contribution in [0.2, 0.25) is 0 Å². The third-order valence-corrected chi connectivity index (χ3v) is 2.88. The van der Waals surface area contributed by atoms with Crippen molar-refractivity contribution in [2.45, 2.75) is 20.8 Å². The number of methoxy groups -OCH3 is 1. The van der Waals surface area contributed by atoms with E-state index in [2.05, 4.69) is 0 Å². The Labute approximate surface area is 114 Å². The molecule has 6 nitrogen and oxygen atoms in total. The third-order valence-electron chi connectivity index (χ3n) is 2.88. The minimum atomic E-state index is -1.17. The minimum Gasteiger partial charge on any atom is -0.465 e. The van der Waals surface area contributed by atoms with Crippen molar-refractivity contribution >= 4 is 11.8 Å². The second-order valence-electron chi connectivity index (χ2n) is 4.76. The molecule has 0 heterocycles. The zero-order valence-corrected chi connectivity index (χ0v) is 12.3. The average Bonchev–Trinajstić information content (AvgIpc) is 2.36. The van der Waals surface area contributed by atoms with Gasteiger partial charge in [-0.25, -0.2) is 0 Å². The molecule has 0 unspecified atom stereocenters. The highest BCUT2D eigenvalue weighted by Gasteiger charge is 2.37. The van der Waals surface area contributed by atoms with Gasteiger partial charge in [0.25, 0.3) is 0 Å². The molecule has 0 saturated carbocycles. The molecule has 0 amide bonds. The molecule has 0 aromatic heterocycles. The van der Waals surface area contributed by atoms with Crippen LogP contribution in [0.5, 0.6) is 0 Å². The maximum atomic E-state index is 12.2. The molecular weight excluding hydrogens is 250 g/mol. The van der Waals surface area contributed by atoms with Crippen molar-refractivity contribution in [3.8, 4) is 0 Å². The predicted molar refractivity (Wildman–Crippen MR) is 70.8 cm³/mol. The molecule has 0 saturated heterocycles. The second-order valence-corrected chi connectivity index (χ2v) is 4.76. The highest BCUT2D eigenvalue weighted by Crippen LogP contribution is 2.19. The number of Topliss-reactive ketones (excluding diaryl/α,β-unsaturated/α-hetero) is 1. The van der Waals surface area contributed by atoms with Gasteiger partial charge in [-0.05, 0) is 20.8 Å². The monoisotopic (exact) mass is 275 g/mol. The highest BCUT2D eigenvalue weighted by atomic mass is 16.5. The normalized spacial score (nSPS) is 11.7. The Kier molecular flexibility index (Phi) is 8.54. The smallest absolute Gasteiger partial charge is 0.319 e. The van der Waals surface area contributed by atoms with Gasteiger partial charge in [0.1, 0.15) is 5.41 Å². The number of ketones is 1. The van der Waals surface area contributed by atoms with Gasteiger partial charge < -0.3 is 14.6 Å². The van der Waals surface area contributed by atoms with Crippen molar-refractivity contribution in [3.63, 3.8) is 0 Å². The number of aliphatic hydroxyl groups is 1. The van der Waals surface area contributed by atoms with Gasteiger partial charge in [0, 0.05) is 20.2 Å². The van der Waals surface area contributed by atoms with E-state index >= 15 is 0 Å². The Morgan fingerprint density at radius 1 is 1.26 bits per heavy atom. The summed E-state index contributed by atoms with van der Waals surface area (Å²) in [6.45, 7) is 6.48. The number of esters is 1. The minimum absolute atomic E-state index is 0.0448. The number of carbonyl (C=O) groups excluding carboxylic acids is 2. The standard InChI is InChI=1S/C13H25NO5/c1-5-19-12(17)13(2,3)11(16)10-14(6-8-15)7-9-18-4/h15H,5-10H2,1-4H3. The summed E-state index contributed by atoms with van der Waals surface area (Å²) in [6.07, 6.45) is 0. The van der Waals surface area contributed by atoms with Gasteiger partial charge in [0.05, 0.1) is 26.4 Å². The summed E-state index contributed by atoms with van der Waals surface area (Å²) in [5.74, 6) is -0.744. The molecule has 0 aromatic carbocycles. The molecule has 1 N–H and O–H groups in total. The lowest BCUT2D eigenvalue weighted by Gasteiger charge is -2.26. The van der Waals surface area contributed by atoms with Crippen molar-refractivity contribution in [2.75, 3.05) is 46.6 Å². The highest BCUT2D eigenvalue weighted by molar-refractivity contribution is 6.03. The Bertz CT molecular complexity index is 291. The van der Waals surface area contributed by atoms with E-state index in [4.69, 9.17) is 14.6 Å². The van der Waals surface area contributed by atoms with Crippen molar-refractivity contribution in [3.05, 3.63) is 0 Å². The van der Waals surface area contributed by atoms with Gasteiger partial charge in [-0.2, -0.15) is 0 Å². The fraction of sp³-hybridized carbons (Fsp3) is 0.846. The van der Waals surface area contributed by atoms with Crippen molar-refractivity contribution in [1.29, 1.82) is 0 Å². The van der Waals surface area contributed by atoms with E-state index in [1.165, 1.54) is 0 Å². The van der Waals surface area contributed by atoms with Crippen LogP contribution in [0.4, 0.5) is 0 Å². The first-order valence-electron chi connectivity index (χ1n) is 6.42. The fourth-order valence-corrected chi connectivity index (χ4v) is 1.46. The number of rotatable bonds is 10. The molecule has 0 bridgehead atoms. The van der Waals surface area contributed by atoms with E-state index in [9.17, 15) is 9.59 Å². The van der Waals surface area contributed by atoms with Crippen LogP contribution >= 0.6 is 0 Å². The molecule has 6 heteroatoms. The molecule has 112 valence electrons. The number of hydrogen-bond donors (Lipinski definition) is 1. The van der Waals surface area contributed by atoms with Crippen molar-refractivity contribution < 1.29 is 24.2 Å². The molecule has 0 aromatic rings. The number of nitrogens with zero attached hydrogens (tertiary/aromatic N) is 1. The number of carbonyl (C=O) groups is 2. The van der Waals surface area contributed by atoms with Crippen LogP contribution < -0.4 is 0 Å². The molecule has 0 aliphatic rings. The van der Waals surface area contributed by atoms with E-state index in [1.54, 1.807) is 32.8 Å². The molecule has 0 radical (unpaired) electrons. The van der Waals surface area contributed by atoms with Crippen LogP contribution in [0, 0.1) is 5.41 Å². The average molecular weight is 275 g/mol. The molecule has 19 heavy (non-hydrogen) atoms. The van der Waals surface area contributed by atoms with Crippen LogP contribution in [0.25, 0.3) is 0 Å². The summed E-state index contributed by atoms with van der Waals surface area (Å²) in [5, 5.41) is 8.96. The van der Waals surface area contributed by atoms with Crippen LogP contribution in [0.3, 0.4) is 0 Å². The lowest BCUT2D eigenvalue weighted by molar-refractivity contribution is -0.158. The lowest BCUT2D eigenvalue weighted by atomic mass is 9.88. The first-order valence-corrected chi connectivity index (χ1v) is 6.42. The summed E-state index contributed by atoms with van der Waals surface area (Å²) >= 11 is 0. The molecular formula is C13H25NO5. The van der Waals surface area contributed by atoms with Crippen LogP contribution in [-0.4, -0.2) is 68.3 Å². The quantitative estimate of drug-likeness (QED) is 0.450. The van der Waals surface area contributed by atoms with E-state index in [0.717, 1.165) is 0 Å². The first-order chi connectivity index (χ1) is 8.89. The topological polar surface area (TPSA) is 76.1 Å². The van der Waals surface area contributed by atoms with Crippen molar-refractivity contribution in [2.24, 2.45) is 5.41 Å². The number of hydrogen-bond acceptors (Lipinski definition) is 6. The summed E-state index contributed by atoms with van der Waals surface area (Å²) in [6, 6.07) is 0. The van der Waals surface area contributed by atoms with Gasteiger partial charge in [0.2, 0.25) is 0 Å². The van der Waals surface area contributed by atoms with E-state index < -0.39 is 11.4 Å². The van der Waals surface area contributed by atoms with Crippen molar-refractivity contribution in [1.82, 2.24) is 4.90 Å². The summed E-state index contributed by atoms with van der Waals surface area (Å²) < 4.78 is 9.84. The maximum Gasteiger partial charge on any atom is 0.319 e. The van der Waals surface area contributed by atoms with E-state index in [1.807, 2.05) is 0 Å². The Balaban J connectivity index is 4.55. The van der Waals surface area contributed by atoms with Crippen LogP contribution in [0.15, 0.2) is 0 Å². The predicted octanol–water partition coefficient (Wildman–Crippen LogP) is 0.0855. The van der Waals surface area contributed by atoms with Gasteiger partial charge >= 0.3 is 5.97 Å². The Morgan fingerprint density at radius 2 is 1.89 bits per heavy atom. The molecule has 0 fully saturated rings. The van der Waals surface area contributed by atoms with Crippen LogP contribution in [-0.2, 0) is 19.1 Å². The molecule has 0 aliphatic carbocycles. The second kappa shape index (κ2) is 9.01. The van der Waals surface area contributed by atoms with E-state index in [0.29, 0.717) is 19.7 Å². The molecule has 0 spiro atoms. The zero-order valence-electron chi connectivity index (χ0n) is 12.3. The van der Waals surface area contributed by atoms with Crippen LogP contribution in [0.1, 0.15) is 20.8 Å². The van der Waals surface area contributed by atoms with Gasteiger partial charge in [0.15, 0.2) is 5.78 Å². The number of aliphatic hydroxyl groups excluding tert-OH is 1. The maximum absolute atomic E-state index is 12.2. The summed E-state index contributed by atoms with van der Waals surface area (Å²) in [5.41, 5.74) is -1.17. The molecule has 0 atom stereocenters. The first kappa shape index (κ1) is 18.0. The molecule has 0 aliphatic heterocycles. The van der Waals surface area contributed by atoms with E-state index in [-0.39, 0.29) is 25.5 Å². The fourth-order valence-electron chi connectivity index (χ4n) is 1.46. The van der Waals surface area contributed by atoms with Gasteiger partial charge in [-0.3, -0.25) is 14.5 Å². The van der Waals surface area contributed by atoms with Gasteiger partial charge in [-0.15, -0.1) is 0 Å². The largest absolute Gasteiger partial charge is 0.465 e. The SMILES string of the molecule is CCOC(=O)C(C)(C)C(=O)CN(CCO)CCOC.